The van der Waals surface area contributed by atoms with E-state index >= 15 is 0 Å². The molecule has 1 aromatic heterocycles. The molecule has 2 aromatic rings. The molecule has 0 amide bonds. The van der Waals surface area contributed by atoms with E-state index in [4.69, 9.17) is 0 Å². The van der Waals surface area contributed by atoms with Crippen molar-refractivity contribution >= 4 is 10.9 Å². The third-order valence-electron chi connectivity index (χ3n) is 4.93. The maximum Gasteiger partial charge on any atom is 0.0459 e. The Morgan fingerprint density at radius 2 is 2.17 bits per heavy atom. The molecule has 1 N–H and O–H groups in total. The second-order valence-electron chi connectivity index (χ2n) is 6.04. The molecule has 1 aromatic carbocycles. The molecule has 1 fully saturated rings. The third-order valence-corrected chi connectivity index (χ3v) is 4.93. The van der Waals surface area contributed by atoms with Gasteiger partial charge in [-0.3, -0.25) is 4.90 Å². The number of piperidine rings is 1. The summed E-state index contributed by atoms with van der Waals surface area (Å²) in [6.45, 7) is 2.19. The van der Waals surface area contributed by atoms with Crippen molar-refractivity contribution in [1.29, 1.82) is 0 Å². The summed E-state index contributed by atoms with van der Waals surface area (Å²) in [6.07, 6.45) is 5.27. The average Bonchev–Trinajstić information content (AvgIpc) is 2.66. The van der Waals surface area contributed by atoms with Gasteiger partial charge in [0, 0.05) is 35.1 Å². The highest BCUT2D eigenvalue weighted by atomic mass is 15.2. The Morgan fingerprint density at radius 1 is 1.28 bits per heavy atom. The standard InChI is InChI=1S/C16H20N2/c1-10-6-7-13-12(8-10)16-14(17-13)9-11-4-3-5-15(16)18(11)2/h6-8,11,15,17H,3-5,9H2,1-2H3. The van der Waals surface area contributed by atoms with Crippen LogP contribution in [-0.2, 0) is 6.42 Å². The highest BCUT2D eigenvalue weighted by Crippen LogP contribution is 2.43. The molecular formula is C16H20N2. The van der Waals surface area contributed by atoms with E-state index in [9.17, 15) is 0 Å². The molecule has 2 aliphatic rings. The fourth-order valence-electron chi connectivity index (χ4n) is 3.96. The number of aromatic nitrogens is 1. The van der Waals surface area contributed by atoms with Gasteiger partial charge in [-0.25, -0.2) is 0 Å². The summed E-state index contributed by atoms with van der Waals surface area (Å²) < 4.78 is 0. The lowest BCUT2D eigenvalue weighted by atomic mass is 9.82. The van der Waals surface area contributed by atoms with Crippen LogP contribution in [-0.4, -0.2) is 23.0 Å². The maximum absolute atomic E-state index is 3.67. The number of likely N-dealkylation sites (N-methyl/N-ethyl adjacent to an activating group) is 1. The molecule has 2 bridgehead atoms. The number of H-pyrrole nitrogens is 1. The van der Waals surface area contributed by atoms with Crippen LogP contribution in [0.5, 0.6) is 0 Å². The zero-order chi connectivity index (χ0) is 12.3. The second kappa shape index (κ2) is 3.61. The molecule has 2 atom stereocenters. The van der Waals surface area contributed by atoms with Gasteiger partial charge < -0.3 is 4.98 Å². The van der Waals surface area contributed by atoms with Gasteiger partial charge in [0.2, 0.25) is 0 Å². The molecule has 2 unspecified atom stereocenters. The van der Waals surface area contributed by atoms with E-state index in [1.165, 1.54) is 47.8 Å². The molecule has 4 rings (SSSR count). The summed E-state index contributed by atoms with van der Waals surface area (Å²) in [5.41, 5.74) is 5.78. The molecule has 2 nitrogen and oxygen atoms in total. The minimum absolute atomic E-state index is 0.642. The lowest BCUT2D eigenvalue weighted by Crippen LogP contribution is -2.43. The predicted octanol–water partition coefficient (Wildman–Crippen LogP) is 3.56. The first-order valence-electron chi connectivity index (χ1n) is 7.07. The van der Waals surface area contributed by atoms with Crippen LogP contribution in [0.4, 0.5) is 0 Å². The Hall–Kier alpha value is -1.28. The third kappa shape index (κ3) is 1.33. The van der Waals surface area contributed by atoms with Crippen molar-refractivity contribution in [1.82, 2.24) is 9.88 Å². The molecule has 94 valence electrons. The van der Waals surface area contributed by atoms with Gasteiger partial charge in [-0.2, -0.15) is 0 Å². The Kier molecular flexibility index (Phi) is 2.13. The summed E-state index contributed by atoms with van der Waals surface area (Å²) in [5.74, 6) is 0. The van der Waals surface area contributed by atoms with E-state index in [-0.39, 0.29) is 0 Å². The van der Waals surface area contributed by atoms with Gasteiger partial charge in [0.15, 0.2) is 0 Å². The molecule has 2 heteroatoms. The number of benzene rings is 1. The van der Waals surface area contributed by atoms with Crippen LogP contribution in [0.2, 0.25) is 0 Å². The van der Waals surface area contributed by atoms with E-state index in [2.05, 4.69) is 42.1 Å². The molecule has 1 saturated heterocycles. The predicted molar refractivity (Wildman–Crippen MR) is 74.9 cm³/mol. The van der Waals surface area contributed by atoms with Crippen LogP contribution >= 0.6 is 0 Å². The largest absolute Gasteiger partial charge is 0.358 e. The Morgan fingerprint density at radius 3 is 3.06 bits per heavy atom. The fourth-order valence-corrected chi connectivity index (χ4v) is 3.96. The van der Waals surface area contributed by atoms with Crippen LogP contribution in [0.1, 0.15) is 42.1 Å². The van der Waals surface area contributed by atoms with E-state index in [0.29, 0.717) is 6.04 Å². The van der Waals surface area contributed by atoms with Gasteiger partial charge in [0.25, 0.3) is 0 Å². The van der Waals surface area contributed by atoms with Crippen molar-refractivity contribution in [2.24, 2.45) is 0 Å². The minimum atomic E-state index is 0.642. The zero-order valence-corrected chi connectivity index (χ0v) is 11.2. The van der Waals surface area contributed by atoms with Gasteiger partial charge in [0.1, 0.15) is 0 Å². The van der Waals surface area contributed by atoms with Crippen LogP contribution < -0.4 is 0 Å². The summed E-state index contributed by atoms with van der Waals surface area (Å²) in [5, 5.41) is 1.46. The van der Waals surface area contributed by atoms with E-state index in [1.54, 1.807) is 5.56 Å². The Labute approximate surface area is 108 Å². The first-order valence-corrected chi connectivity index (χ1v) is 7.07. The number of aryl methyl sites for hydroxylation is 1. The summed E-state index contributed by atoms with van der Waals surface area (Å²) in [6, 6.07) is 8.20. The summed E-state index contributed by atoms with van der Waals surface area (Å²) in [7, 11) is 2.31. The first kappa shape index (κ1) is 10.6. The Bertz CT molecular complexity index is 611. The summed E-state index contributed by atoms with van der Waals surface area (Å²) in [4.78, 5) is 6.28. The number of aromatic amines is 1. The van der Waals surface area contributed by atoms with Gasteiger partial charge >= 0.3 is 0 Å². The van der Waals surface area contributed by atoms with E-state index in [0.717, 1.165) is 6.04 Å². The van der Waals surface area contributed by atoms with Gasteiger partial charge in [-0.05, 0) is 50.9 Å². The monoisotopic (exact) mass is 240 g/mol. The van der Waals surface area contributed by atoms with Crippen LogP contribution in [0.3, 0.4) is 0 Å². The zero-order valence-electron chi connectivity index (χ0n) is 11.2. The van der Waals surface area contributed by atoms with Crippen molar-refractivity contribution in [3.05, 3.63) is 35.0 Å². The lowest BCUT2D eigenvalue weighted by molar-refractivity contribution is 0.100. The number of hydrogen-bond acceptors (Lipinski definition) is 1. The lowest BCUT2D eigenvalue weighted by Gasteiger charge is -2.44. The summed E-state index contributed by atoms with van der Waals surface area (Å²) >= 11 is 0. The molecule has 0 radical (unpaired) electrons. The molecular weight excluding hydrogens is 220 g/mol. The quantitative estimate of drug-likeness (QED) is 0.746. The van der Waals surface area contributed by atoms with Gasteiger partial charge in [0.05, 0.1) is 0 Å². The van der Waals surface area contributed by atoms with Gasteiger partial charge in [-0.1, -0.05) is 11.6 Å². The van der Waals surface area contributed by atoms with Crippen molar-refractivity contribution in [3.63, 3.8) is 0 Å². The minimum Gasteiger partial charge on any atom is -0.358 e. The number of hydrogen-bond donors (Lipinski definition) is 1. The van der Waals surface area contributed by atoms with Crippen LogP contribution in [0, 0.1) is 6.92 Å². The van der Waals surface area contributed by atoms with Crippen molar-refractivity contribution in [2.45, 2.75) is 44.7 Å². The van der Waals surface area contributed by atoms with Crippen LogP contribution in [0.15, 0.2) is 18.2 Å². The fraction of sp³-hybridized carbons (Fsp3) is 0.500. The number of rotatable bonds is 0. The molecule has 0 spiro atoms. The molecule has 0 aliphatic carbocycles. The normalized spacial score (nSPS) is 27.4. The van der Waals surface area contributed by atoms with Crippen molar-refractivity contribution in [3.8, 4) is 0 Å². The SMILES string of the molecule is Cc1ccc2[nH]c3c(c2c1)C1CCCC(C3)N1C. The highest BCUT2D eigenvalue weighted by molar-refractivity contribution is 5.86. The van der Waals surface area contributed by atoms with E-state index in [1.807, 2.05) is 0 Å². The number of fused-ring (bicyclic) bond motifs is 6. The van der Waals surface area contributed by atoms with Gasteiger partial charge in [-0.15, -0.1) is 0 Å². The molecule has 0 saturated carbocycles. The molecule has 3 heterocycles. The topological polar surface area (TPSA) is 19.0 Å². The van der Waals surface area contributed by atoms with Crippen molar-refractivity contribution in [2.75, 3.05) is 7.05 Å². The maximum atomic E-state index is 3.67. The smallest absolute Gasteiger partial charge is 0.0459 e. The molecule has 18 heavy (non-hydrogen) atoms. The number of nitrogens with zero attached hydrogens (tertiary/aromatic N) is 1. The highest BCUT2D eigenvalue weighted by Gasteiger charge is 2.36. The number of nitrogens with one attached hydrogen (secondary N) is 1. The van der Waals surface area contributed by atoms with Crippen LogP contribution in [0.25, 0.3) is 10.9 Å². The average molecular weight is 240 g/mol. The second-order valence-corrected chi connectivity index (χ2v) is 6.04. The Balaban J connectivity index is 1.98. The first-order chi connectivity index (χ1) is 8.74. The molecule has 2 aliphatic heterocycles. The van der Waals surface area contributed by atoms with E-state index < -0.39 is 0 Å². The van der Waals surface area contributed by atoms with Crippen molar-refractivity contribution < 1.29 is 0 Å².